The van der Waals surface area contributed by atoms with E-state index in [4.69, 9.17) is 4.42 Å². The molecule has 2 aromatic heterocycles. The highest BCUT2D eigenvalue weighted by molar-refractivity contribution is 6.12. The maximum atomic E-state index is 6.46. The Morgan fingerprint density at radius 1 is 0.450 bits per heavy atom. The Hall–Kier alpha value is -5.08. The lowest BCUT2D eigenvalue weighted by Crippen LogP contribution is -1.98. The Bertz CT molecular complexity index is 2190. The topological polar surface area (TPSA) is 18.1 Å². The van der Waals surface area contributed by atoms with Crippen molar-refractivity contribution in [2.45, 2.75) is 13.8 Å². The van der Waals surface area contributed by atoms with Gasteiger partial charge in [0, 0.05) is 32.7 Å². The Balaban J connectivity index is 1.43. The van der Waals surface area contributed by atoms with E-state index in [-0.39, 0.29) is 0 Å². The predicted octanol–water partition coefficient (Wildman–Crippen LogP) is 10.6. The molecule has 0 aliphatic carbocycles. The summed E-state index contributed by atoms with van der Waals surface area (Å²) in [6.07, 6.45) is 0. The number of aromatic nitrogens is 1. The molecular formula is C38H27NO. The molecule has 0 saturated heterocycles. The van der Waals surface area contributed by atoms with E-state index in [9.17, 15) is 0 Å². The SMILES string of the molecule is Cc1ccc2c(c1)c1cc(C)ccc1n2-c1ccccc1-c1ccccc1-c1cccc2c1oc1ccccc12. The van der Waals surface area contributed by atoms with Crippen LogP contribution >= 0.6 is 0 Å². The normalized spacial score (nSPS) is 11.8. The molecule has 0 unspecified atom stereocenters. The van der Waals surface area contributed by atoms with E-state index in [1.54, 1.807) is 0 Å². The van der Waals surface area contributed by atoms with E-state index in [0.29, 0.717) is 0 Å². The summed E-state index contributed by atoms with van der Waals surface area (Å²) >= 11 is 0. The lowest BCUT2D eigenvalue weighted by molar-refractivity contribution is 0.670. The summed E-state index contributed by atoms with van der Waals surface area (Å²) in [5.41, 5.74) is 12.6. The maximum absolute atomic E-state index is 6.46. The fourth-order valence-electron chi connectivity index (χ4n) is 6.32. The summed E-state index contributed by atoms with van der Waals surface area (Å²) < 4.78 is 8.89. The smallest absolute Gasteiger partial charge is 0.143 e. The van der Waals surface area contributed by atoms with Crippen LogP contribution in [0.2, 0.25) is 0 Å². The Morgan fingerprint density at radius 3 is 1.73 bits per heavy atom. The summed E-state index contributed by atoms with van der Waals surface area (Å²) in [5, 5.41) is 4.86. The van der Waals surface area contributed by atoms with Crippen molar-refractivity contribution >= 4 is 43.7 Å². The molecule has 0 aliphatic rings. The molecule has 190 valence electrons. The van der Waals surface area contributed by atoms with Gasteiger partial charge in [-0.05, 0) is 61.4 Å². The van der Waals surface area contributed by atoms with Crippen molar-refractivity contribution in [2.24, 2.45) is 0 Å². The minimum Gasteiger partial charge on any atom is -0.455 e. The Kier molecular flexibility index (Phi) is 4.99. The fraction of sp³-hybridized carbons (Fsp3) is 0.0526. The molecule has 0 aliphatic heterocycles. The molecule has 0 fully saturated rings. The van der Waals surface area contributed by atoms with Gasteiger partial charge in [0.05, 0.1) is 16.7 Å². The largest absolute Gasteiger partial charge is 0.455 e. The van der Waals surface area contributed by atoms with Crippen LogP contribution in [0.25, 0.3) is 71.7 Å². The number of benzene rings is 6. The first-order valence-corrected chi connectivity index (χ1v) is 13.8. The molecule has 2 nitrogen and oxygen atoms in total. The van der Waals surface area contributed by atoms with Crippen molar-refractivity contribution in [3.05, 3.63) is 139 Å². The number of fused-ring (bicyclic) bond motifs is 6. The first-order valence-electron chi connectivity index (χ1n) is 13.8. The summed E-state index contributed by atoms with van der Waals surface area (Å²) in [4.78, 5) is 0. The lowest BCUT2D eigenvalue weighted by Gasteiger charge is -2.17. The third kappa shape index (κ3) is 3.36. The summed E-state index contributed by atoms with van der Waals surface area (Å²) in [7, 11) is 0. The number of hydrogen-bond donors (Lipinski definition) is 0. The van der Waals surface area contributed by atoms with Gasteiger partial charge in [-0.25, -0.2) is 0 Å². The highest BCUT2D eigenvalue weighted by atomic mass is 16.3. The number of hydrogen-bond acceptors (Lipinski definition) is 1. The van der Waals surface area contributed by atoms with E-state index in [1.807, 2.05) is 12.1 Å². The minimum absolute atomic E-state index is 0.915. The quantitative estimate of drug-likeness (QED) is 0.230. The zero-order valence-electron chi connectivity index (χ0n) is 22.5. The van der Waals surface area contributed by atoms with Crippen molar-refractivity contribution < 1.29 is 4.42 Å². The molecule has 0 amide bonds. The van der Waals surface area contributed by atoms with Gasteiger partial charge in [-0.15, -0.1) is 0 Å². The van der Waals surface area contributed by atoms with Crippen LogP contribution in [-0.4, -0.2) is 4.57 Å². The van der Waals surface area contributed by atoms with Gasteiger partial charge in [-0.3, -0.25) is 0 Å². The summed E-state index contributed by atoms with van der Waals surface area (Å²) in [6.45, 7) is 4.34. The molecule has 0 atom stereocenters. The van der Waals surface area contributed by atoms with Crippen LogP contribution in [-0.2, 0) is 0 Å². The third-order valence-corrected chi connectivity index (χ3v) is 8.13. The monoisotopic (exact) mass is 513 g/mol. The highest BCUT2D eigenvalue weighted by Gasteiger charge is 2.19. The van der Waals surface area contributed by atoms with Crippen LogP contribution in [0.4, 0.5) is 0 Å². The van der Waals surface area contributed by atoms with Gasteiger partial charge in [0.25, 0.3) is 0 Å². The van der Waals surface area contributed by atoms with Gasteiger partial charge in [0.15, 0.2) is 0 Å². The van der Waals surface area contributed by atoms with Crippen LogP contribution < -0.4 is 0 Å². The number of aryl methyl sites for hydroxylation is 2. The van der Waals surface area contributed by atoms with Crippen LogP contribution in [0.3, 0.4) is 0 Å². The number of para-hydroxylation sites is 3. The predicted molar refractivity (Wildman–Crippen MR) is 168 cm³/mol. The fourth-order valence-corrected chi connectivity index (χ4v) is 6.32. The lowest BCUT2D eigenvalue weighted by atomic mass is 9.92. The average Bonchev–Trinajstić information content (AvgIpc) is 3.52. The van der Waals surface area contributed by atoms with Crippen molar-refractivity contribution in [3.63, 3.8) is 0 Å². The summed E-state index contributed by atoms with van der Waals surface area (Å²) in [6, 6.07) is 45.8. The number of rotatable bonds is 3. The van der Waals surface area contributed by atoms with E-state index in [1.165, 1.54) is 49.7 Å². The molecule has 0 saturated carbocycles. The van der Waals surface area contributed by atoms with Crippen molar-refractivity contribution in [1.29, 1.82) is 0 Å². The second-order valence-electron chi connectivity index (χ2n) is 10.7. The molecule has 40 heavy (non-hydrogen) atoms. The van der Waals surface area contributed by atoms with Crippen LogP contribution in [0.15, 0.2) is 132 Å². The number of furan rings is 1. The van der Waals surface area contributed by atoms with Crippen molar-refractivity contribution in [1.82, 2.24) is 4.57 Å². The van der Waals surface area contributed by atoms with Gasteiger partial charge >= 0.3 is 0 Å². The molecule has 0 radical (unpaired) electrons. The van der Waals surface area contributed by atoms with Gasteiger partial charge in [-0.2, -0.15) is 0 Å². The van der Waals surface area contributed by atoms with E-state index < -0.39 is 0 Å². The average molecular weight is 514 g/mol. The van der Waals surface area contributed by atoms with E-state index in [2.05, 4.69) is 134 Å². The second-order valence-corrected chi connectivity index (χ2v) is 10.7. The van der Waals surface area contributed by atoms with Crippen LogP contribution in [0.5, 0.6) is 0 Å². The molecule has 6 aromatic carbocycles. The zero-order chi connectivity index (χ0) is 26.8. The summed E-state index contributed by atoms with van der Waals surface area (Å²) in [5.74, 6) is 0. The molecular weight excluding hydrogens is 486 g/mol. The first kappa shape index (κ1) is 22.9. The minimum atomic E-state index is 0.915. The third-order valence-electron chi connectivity index (χ3n) is 8.13. The molecule has 2 heterocycles. The molecule has 8 aromatic rings. The van der Waals surface area contributed by atoms with Gasteiger partial charge in [0.2, 0.25) is 0 Å². The van der Waals surface area contributed by atoms with Crippen LogP contribution in [0, 0.1) is 13.8 Å². The van der Waals surface area contributed by atoms with Gasteiger partial charge in [0.1, 0.15) is 11.2 Å². The van der Waals surface area contributed by atoms with Crippen molar-refractivity contribution in [2.75, 3.05) is 0 Å². The van der Waals surface area contributed by atoms with E-state index >= 15 is 0 Å². The van der Waals surface area contributed by atoms with Gasteiger partial charge < -0.3 is 8.98 Å². The Morgan fingerprint density at radius 2 is 1.00 bits per heavy atom. The van der Waals surface area contributed by atoms with E-state index in [0.717, 1.165) is 33.1 Å². The van der Waals surface area contributed by atoms with Crippen LogP contribution in [0.1, 0.15) is 11.1 Å². The second kappa shape index (κ2) is 8.72. The maximum Gasteiger partial charge on any atom is 0.143 e. The standard InChI is InChI=1S/C38H27NO/c1-24-18-20-35-32(22-24)33-23-25(2)19-21-36(33)39(35)34-16-7-5-12-28(34)26-10-3-4-11-27(26)30-14-9-15-31-29-13-6-8-17-37(29)40-38(30)31/h3-23H,1-2H3. The molecule has 0 spiro atoms. The first-order chi connectivity index (χ1) is 19.7. The highest BCUT2D eigenvalue weighted by Crippen LogP contribution is 2.42. The molecule has 8 rings (SSSR count). The molecule has 2 heteroatoms. The van der Waals surface area contributed by atoms with Crippen molar-refractivity contribution in [3.8, 4) is 27.9 Å². The zero-order valence-corrected chi connectivity index (χ0v) is 22.5. The Labute approximate surface area is 232 Å². The number of nitrogens with zero attached hydrogens (tertiary/aromatic N) is 1. The molecule has 0 N–H and O–H groups in total. The van der Waals surface area contributed by atoms with Gasteiger partial charge in [-0.1, -0.05) is 102 Å². The molecule has 0 bridgehead atoms.